The van der Waals surface area contributed by atoms with E-state index in [1.54, 1.807) is 0 Å². The molecule has 0 aromatic carbocycles. The zero-order chi connectivity index (χ0) is 16.3. The van der Waals surface area contributed by atoms with Crippen molar-refractivity contribution in [3.05, 3.63) is 0 Å². The van der Waals surface area contributed by atoms with Crippen molar-refractivity contribution in [1.29, 1.82) is 0 Å². The Morgan fingerprint density at radius 3 is 2.36 bits per heavy atom. The first-order chi connectivity index (χ1) is 10.3. The van der Waals surface area contributed by atoms with Gasteiger partial charge in [-0.2, -0.15) is 0 Å². The molecule has 5 nitrogen and oxygen atoms in total. The van der Waals surface area contributed by atoms with Gasteiger partial charge < -0.3 is 15.0 Å². The molecule has 128 valence electrons. The molecule has 1 N–H and O–H groups in total. The molecular formula is C17H33N3O2. The Balaban J connectivity index is 1.65. The summed E-state index contributed by atoms with van der Waals surface area (Å²) < 4.78 is 5.44. The lowest BCUT2D eigenvalue weighted by atomic mass is 10.0. The molecule has 1 unspecified atom stereocenters. The van der Waals surface area contributed by atoms with Crippen molar-refractivity contribution in [3.63, 3.8) is 0 Å². The molecule has 1 aliphatic heterocycles. The number of hydrogen-bond donors (Lipinski definition) is 1. The lowest BCUT2D eigenvalue weighted by Gasteiger charge is -2.35. The predicted molar refractivity (Wildman–Crippen MR) is 89.1 cm³/mol. The zero-order valence-corrected chi connectivity index (χ0v) is 14.9. The number of likely N-dealkylation sites (N-methyl/N-ethyl adjacent to an activating group) is 1. The van der Waals surface area contributed by atoms with Gasteiger partial charge in [0.15, 0.2) is 0 Å². The number of carbonyl (C=O) groups excluding carboxylic acids is 1. The molecule has 0 bridgehead atoms. The fourth-order valence-electron chi connectivity index (χ4n) is 2.92. The molecule has 5 heteroatoms. The van der Waals surface area contributed by atoms with Gasteiger partial charge in [0, 0.05) is 37.8 Å². The van der Waals surface area contributed by atoms with Crippen LogP contribution in [0.3, 0.4) is 0 Å². The molecule has 1 saturated carbocycles. The lowest BCUT2D eigenvalue weighted by Crippen LogP contribution is -2.49. The molecule has 2 fully saturated rings. The number of hydrogen-bond acceptors (Lipinski definition) is 4. The molecule has 0 spiro atoms. The van der Waals surface area contributed by atoms with Gasteiger partial charge in [-0.1, -0.05) is 0 Å². The second-order valence-corrected chi connectivity index (χ2v) is 7.90. The minimum Gasteiger partial charge on any atom is -0.444 e. The van der Waals surface area contributed by atoms with Crippen LogP contribution in [0.2, 0.25) is 0 Å². The van der Waals surface area contributed by atoms with Gasteiger partial charge >= 0.3 is 6.09 Å². The Hall–Kier alpha value is -0.810. The third-order valence-corrected chi connectivity index (χ3v) is 4.67. The van der Waals surface area contributed by atoms with Gasteiger partial charge in [-0.15, -0.1) is 0 Å². The molecule has 2 aliphatic rings. The van der Waals surface area contributed by atoms with Crippen molar-refractivity contribution >= 4 is 6.09 Å². The third-order valence-electron chi connectivity index (χ3n) is 4.67. The number of carbonyl (C=O) groups is 1. The van der Waals surface area contributed by atoms with Crippen LogP contribution in [0.15, 0.2) is 0 Å². The molecule has 1 amide bonds. The smallest absolute Gasteiger partial charge is 0.410 e. The summed E-state index contributed by atoms with van der Waals surface area (Å²) in [6.07, 6.45) is 4.57. The van der Waals surface area contributed by atoms with Crippen molar-refractivity contribution in [1.82, 2.24) is 15.1 Å². The molecule has 2 rings (SSSR count). The van der Waals surface area contributed by atoms with Crippen molar-refractivity contribution in [3.8, 4) is 0 Å². The topological polar surface area (TPSA) is 44.8 Å². The maximum atomic E-state index is 12.0. The van der Waals surface area contributed by atoms with E-state index in [9.17, 15) is 4.79 Å². The van der Waals surface area contributed by atoms with Gasteiger partial charge in [-0.05, 0) is 60.4 Å². The number of piperidine rings is 1. The Bertz CT molecular complexity index is 369. The number of ether oxygens (including phenoxy) is 1. The van der Waals surface area contributed by atoms with E-state index in [0.717, 1.165) is 38.5 Å². The lowest BCUT2D eigenvalue weighted by molar-refractivity contribution is 0.0197. The van der Waals surface area contributed by atoms with Crippen LogP contribution in [-0.4, -0.2) is 66.3 Å². The second-order valence-electron chi connectivity index (χ2n) is 7.90. The molecule has 22 heavy (non-hydrogen) atoms. The SMILES string of the molecule is CC(CNC1CCN(C(=O)OC(C)(C)C)CC1)N(C)C1CC1. The van der Waals surface area contributed by atoms with E-state index in [0.29, 0.717) is 12.1 Å². The number of nitrogens with one attached hydrogen (secondary N) is 1. The van der Waals surface area contributed by atoms with E-state index in [4.69, 9.17) is 4.74 Å². The van der Waals surface area contributed by atoms with Crippen LogP contribution in [0.5, 0.6) is 0 Å². The van der Waals surface area contributed by atoms with E-state index in [-0.39, 0.29) is 6.09 Å². The average molecular weight is 311 g/mol. The fraction of sp³-hybridized carbons (Fsp3) is 0.941. The Labute approximate surface area is 135 Å². The highest BCUT2D eigenvalue weighted by Gasteiger charge is 2.30. The maximum absolute atomic E-state index is 12.0. The Morgan fingerprint density at radius 2 is 1.86 bits per heavy atom. The van der Waals surface area contributed by atoms with E-state index in [1.807, 2.05) is 25.7 Å². The van der Waals surface area contributed by atoms with Crippen LogP contribution in [0, 0.1) is 0 Å². The minimum atomic E-state index is -0.408. The standard InChI is InChI=1S/C17H33N3O2/c1-13(19(5)15-6-7-15)12-18-14-8-10-20(11-9-14)16(21)22-17(2,3)4/h13-15,18H,6-12H2,1-5H3. The highest BCUT2D eigenvalue weighted by Crippen LogP contribution is 2.26. The van der Waals surface area contributed by atoms with E-state index in [2.05, 4.69) is 24.2 Å². The fourth-order valence-corrected chi connectivity index (χ4v) is 2.92. The van der Waals surface area contributed by atoms with Gasteiger partial charge in [0.05, 0.1) is 0 Å². The van der Waals surface area contributed by atoms with Crippen LogP contribution in [-0.2, 0) is 4.74 Å². The highest BCUT2D eigenvalue weighted by atomic mass is 16.6. The number of likely N-dealkylation sites (tertiary alicyclic amines) is 1. The van der Waals surface area contributed by atoms with Crippen LogP contribution in [0.25, 0.3) is 0 Å². The Morgan fingerprint density at radius 1 is 1.27 bits per heavy atom. The summed E-state index contributed by atoms with van der Waals surface area (Å²) in [7, 11) is 2.23. The molecule has 1 aliphatic carbocycles. The largest absolute Gasteiger partial charge is 0.444 e. The van der Waals surface area contributed by atoms with Gasteiger partial charge in [-0.25, -0.2) is 4.79 Å². The molecule has 0 aromatic rings. The van der Waals surface area contributed by atoms with Crippen LogP contribution >= 0.6 is 0 Å². The van der Waals surface area contributed by atoms with Gasteiger partial charge in [0.2, 0.25) is 0 Å². The monoisotopic (exact) mass is 311 g/mol. The molecule has 1 heterocycles. The average Bonchev–Trinajstić information content (AvgIpc) is 3.27. The van der Waals surface area contributed by atoms with Crippen LogP contribution in [0.1, 0.15) is 53.4 Å². The van der Waals surface area contributed by atoms with Gasteiger partial charge in [0.25, 0.3) is 0 Å². The number of rotatable bonds is 5. The molecule has 0 radical (unpaired) electrons. The summed E-state index contributed by atoms with van der Waals surface area (Å²) in [6.45, 7) is 10.6. The molecule has 1 saturated heterocycles. The summed E-state index contributed by atoms with van der Waals surface area (Å²) in [5.74, 6) is 0. The number of amides is 1. The zero-order valence-electron chi connectivity index (χ0n) is 14.9. The molecule has 1 atom stereocenters. The summed E-state index contributed by atoms with van der Waals surface area (Å²) in [4.78, 5) is 16.4. The van der Waals surface area contributed by atoms with Crippen molar-refractivity contribution in [2.75, 3.05) is 26.7 Å². The summed E-state index contributed by atoms with van der Waals surface area (Å²) >= 11 is 0. The normalized spacial score (nSPS) is 22.0. The summed E-state index contributed by atoms with van der Waals surface area (Å²) in [6, 6.07) is 1.91. The quantitative estimate of drug-likeness (QED) is 0.847. The minimum absolute atomic E-state index is 0.173. The van der Waals surface area contributed by atoms with Crippen molar-refractivity contribution in [2.45, 2.75) is 77.1 Å². The summed E-state index contributed by atoms with van der Waals surface area (Å²) in [5.41, 5.74) is -0.408. The maximum Gasteiger partial charge on any atom is 0.410 e. The predicted octanol–water partition coefficient (Wildman–Crippen LogP) is 2.46. The highest BCUT2D eigenvalue weighted by molar-refractivity contribution is 5.68. The van der Waals surface area contributed by atoms with Crippen LogP contribution in [0.4, 0.5) is 4.79 Å². The van der Waals surface area contributed by atoms with Gasteiger partial charge in [0.1, 0.15) is 5.60 Å². The third kappa shape index (κ3) is 5.43. The Kier molecular flexibility index (Phi) is 5.72. The van der Waals surface area contributed by atoms with E-state index >= 15 is 0 Å². The van der Waals surface area contributed by atoms with Crippen molar-refractivity contribution in [2.24, 2.45) is 0 Å². The van der Waals surface area contributed by atoms with E-state index < -0.39 is 5.60 Å². The first-order valence-corrected chi connectivity index (χ1v) is 8.69. The molecular weight excluding hydrogens is 278 g/mol. The second kappa shape index (κ2) is 7.18. The van der Waals surface area contributed by atoms with Crippen molar-refractivity contribution < 1.29 is 9.53 Å². The summed E-state index contributed by atoms with van der Waals surface area (Å²) in [5, 5.41) is 3.67. The van der Waals surface area contributed by atoms with Gasteiger partial charge in [-0.3, -0.25) is 4.90 Å². The first-order valence-electron chi connectivity index (χ1n) is 8.69. The number of nitrogens with zero attached hydrogens (tertiary/aromatic N) is 2. The molecule has 0 aromatic heterocycles. The van der Waals surface area contributed by atoms with E-state index in [1.165, 1.54) is 12.8 Å². The van der Waals surface area contributed by atoms with Crippen LogP contribution < -0.4 is 5.32 Å². The first kappa shape index (κ1) is 17.5.